The highest BCUT2D eigenvalue weighted by atomic mass is 16.6. The third kappa shape index (κ3) is 5.05. The van der Waals surface area contributed by atoms with Crippen LogP contribution < -0.4 is 16.2 Å². The molecule has 1 fully saturated rings. The van der Waals surface area contributed by atoms with E-state index in [0.717, 1.165) is 29.7 Å². The summed E-state index contributed by atoms with van der Waals surface area (Å²) in [7, 11) is 1.60. The van der Waals surface area contributed by atoms with E-state index in [-0.39, 0.29) is 23.5 Å². The van der Waals surface area contributed by atoms with Gasteiger partial charge in [0.1, 0.15) is 28.2 Å². The fourth-order valence-electron chi connectivity index (χ4n) is 5.08. The van der Waals surface area contributed by atoms with E-state index in [0.29, 0.717) is 42.0 Å². The first-order chi connectivity index (χ1) is 17.4. The summed E-state index contributed by atoms with van der Waals surface area (Å²) < 4.78 is 12.8. The molecule has 4 rings (SSSR count). The van der Waals surface area contributed by atoms with Gasteiger partial charge in [-0.15, -0.1) is 0 Å². The van der Waals surface area contributed by atoms with Crippen LogP contribution in [0.5, 0.6) is 5.75 Å². The summed E-state index contributed by atoms with van der Waals surface area (Å²) in [4.78, 5) is 36.4. The number of carbonyl (C=O) groups excluding carboxylic acids is 2. The summed E-state index contributed by atoms with van der Waals surface area (Å²) in [6.45, 7) is 10.2. The van der Waals surface area contributed by atoms with Crippen molar-refractivity contribution in [2.45, 2.75) is 71.9 Å². The van der Waals surface area contributed by atoms with Gasteiger partial charge in [0.05, 0.1) is 24.7 Å². The molecule has 1 unspecified atom stereocenters. The molecule has 1 aromatic carbocycles. The summed E-state index contributed by atoms with van der Waals surface area (Å²) in [6.07, 6.45) is 4.52. The summed E-state index contributed by atoms with van der Waals surface area (Å²) in [6, 6.07) is 3.87. The number of likely N-dealkylation sites (tertiary alicyclic amines) is 1. The van der Waals surface area contributed by atoms with Crippen molar-refractivity contribution in [3.8, 4) is 11.4 Å². The molecule has 198 valence electrons. The second-order valence-corrected chi connectivity index (χ2v) is 10.6. The van der Waals surface area contributed by atoms with Crippen molar-refractivity contribution in [3.63, 3.8) is 0 Å². The molecule has 2 amide bonds. The highest BCUT2D eigenvalue weighted by Crippen LogP contribution is 2.35. The Morgan fingerprint density at radius 3 is 2.59 bits per heavy atom. The van der Waals surface area contributed by atoms with Crippen LogP contribution in [0.15, 0.2) is 18.3 Å². The molecule has 10 nitrogen and oxygen atoms in total. The molecule has 10 heteroatoms. The zero-order valence-corrected chi connectivity index (χ0v) is 22.4. The van der Waals surface area contributed by atoms with E-state index in [1.165, 1.54) is 0 Å². The molecule has 2 aromatic heterocycles. The predicted molar refractivity (Wildman–Crippen MR) is 142 cm³/mol. The number of hydrogen-bond acceptors (Lipinski definition) is 7. The SMILES string of the molecule is COc1ccc(C)c(-n2c(N)c(C(N)=O)c3nc(CCC4CCCN4C(=O)OC(C)(C)C)cnc32)c1C. The molecule has 0 saturated carbocycles. The normalized spacial score (nSPS) is 15.8. The number of anilines is 1. The fraction of sp³-hybridized carbons (Fsp3) is 0.481. The van der Waals surface area contributed by atoms with E-state index in [1.807, 2.05) is 46.8 Å². The summed E-state index contributed by atoms with van der Waals surface area (Å²) in [5, 5.41) is 0. The topological polar surface area (TPSA) is 139 Å². The van der Waals surface area contributed by atoms with Crippen molar-refractivity contribution >= 4 is 29.0 Å². The number of nitrogens with zero attached hydrogens (tertiary/aromatic N) is 4. The van der Waals surface area contributed by atoms with Crippen LogP contribution >= 0.6 is 0 Å². The van der Waals surface area contributed by atoms with Gasteiger partial charge in [0.25, 0.3) is 5.91 Å². The summed E-state index contributed by atoms with van der Waals surface area (Å²) >= 11 is 0. The summed E-state index contributed by atoms with van der Waals surface area (Å²) in [5.74, 6) is 0.210. The highest BCUT2D eigenvalue weighted by Gasteiger charge is 2.32. The first-order valence-electron chi connectivity index (χ1n) is 12.5. The second-order valence-electron chi connectivity index (χ2n) is 10.6. The molecule has 1 saturated heterocycles. The van der Waals surface area contributed by atoms with E-state index in [4.69, 9.17) is 25.9 Å². The van der Waals surface area contributed by atoms with Crippen LogP contribution in [-0.4, -0.2) is 56.7 Å². The number of hydrogen-bond donors (Lipinski definition) is 2. The van der Waals surface area contributed by atoms with Gasteiger partial charge in [-0.25, -0.2) is 14.8 Å². The lowest BCUT2D eigenvalue weighted by Crippen LogP contribution is -2.40. The molecule has 3 aromatic rings. The van der Waals surface area contributed by atoms with Crippen molar-refractivity contribution in [2.75, 3.05) is 19.4 Å². The Morgan fingerprint density at radius 1 is 1.22 bits per heavy atom. The molecule has 1 aliphatic heterocycles. The van der Waals surface area contributed by atoms with Gasteiger partial charge in [0.2, 0.25) is 0 Å². The van der Waals surface area contributed by atoms with E-state index >= 15 is 0 Å². The average Bonchev–Trinajstić information content (AvgIpc) is 3.39. The minimum atomic E-state index is -0.669. The van der Waals surface area contributed by atoms with E-state index in [2.05, 4.69) is 4.98 Å². The Bertz CT molecular complexity index is 1360. The number of nitrogen functional groups attached to an aromatic ring is 1. The number of rotatable bonds is 6. The molecule has 0 aliphatic carbocycles. The first-order valence-corrected chi connectivity index (χ1v) is 12.5. The number of ether oxygens (including phenoxy) is 2. The molecule has 0 radical (unpaired) electrons. The number of aromatic nitrogens is 3. The van der Waals surface area contributed by atoms with E-state index in [9.17, 15) is 9.59 Å². The van der Waals surface area contributed by atoms with Crippen LogP contribution in [0.3, 0.4) is 0 Å². The molecule has 1 aliphatic rings. The van der Waals surface area contributed by atoms with Crippen LogP contribution in [0.4, 0.5) is 10.6 Å². The number of methoxy groups -OCH3 is 1. The van der Waals surface area contributed by atoms with E-state index in [1.54, 1.807) is 22.8 Å². The van der Waals surface area contributed by atoms with Crippen molar-refractivity contribution in [1.82, 2.24) is 19.4 Å². The van der Waals surface area contributed by atoms with Crippen LogP contribution in [0.1, 0.15) is 67.2 Å². The van der Waals surface area contributed by atoms with Crippen LogP contribution in [0.25, 0.3) is 16.9 Å². The molecule has 3 heterocycles. The Labute approximate surface area is 216 Å². The van der Waals surface area contributed by atoms with Crippen LogP contribution in [-0.2, 0) is 11.2 Å². The lowest BCUT2D eigenvalue weighted by Gasteiger charge is -2.28. The Balaban J connectivity index is 1.68. The Hall–Kier alpha value is -3.82. The Morgan fingerprint density at radius 2 is 1.95 bits per heavy atom. The number of nitrogens with two attached hydrogens (primary N) is 2. The smallest absolute Gasteiger partial charge is 0.410 e. The maximum absolute atomic E-state index is 12.7. The number of amides is 2. The van der Waals surface area contributed by atoms with Crippen molar-refractivity contribution in [2.24, 2.45) is 5.73 Å². The fourth-order valence-corrected chi connectivity index (χ4v) is 5.08. The number of primary amides is 1. The maximum atomic E-state index is 12.7. The van der Waals surface area contributed by atoms with Crippen molar-refractivity contribution < 1.29 is 19.1 Å². The highest BCUT2D eigenvalue weighted by molar-refractivity contribution is 6.09. The second kappa shape index (κ2) is 9.91. The number of aryl methyl sites for hydroxylation is 2. The van der Waals surface area contributed by atoms with E-state index < -0.39 is 11.5 Å². The molecular weight excluding hydrogens is 472 g/mol. The third-order valence-corrected chi connectivity index (χ3v) is 6.76. The monoisotopic (exact) mass is 508 g/mol. The average molecular weight is 509 g/mol. The molecular formula is C27H36N6O4. The third-order valence-electron chi connectivity index (χ3n) is 6.76. The zero-order chi connectivity index (χ0) is 27.1. The van der Waals surface area contributed by atoms with Gasteiger partial charge in [0.15, 0.2) is 5.65 Å². The van der Waals surface area contributed by atoms with Crippen molar-refractivity contribution in [3.05, 3.63) is 40.7 Å². The quantitative estimate of drug-likeness (QED) is 0.512. The molecule has 1 atom stereocenters. The Kier molecular flexibility index (Phi) is 7.03. The van der Waals surface area contributed by atoms with Gasteiger partial charge >= 0.3 is 6.09 Å². The molecule has 0 bridgehead atoms. The largest absolute Gasteiger partial charge is 0.496 e. The van der Waals surface area contributed by atoms with Crippen LogP contribution in [0.2, 0.25) is 0 Å². The minimum absolute atomic E-state index is 0.0553. The lowest BCUT2D eigenvalue weighted by atomic mass is 10.1. The van der Waals surface area contributed by atoms with Crippen molar-refractivity contribution in [1.29, 1.82) is 0 Å². The van der Waals surface area contributed by atoms with Gasteiger partial charge < -0.3 is 25.8 Å². The van der Waals surface area contributed by atoms with Gasteiger partial charge in [0, 0.05) is 18.2 Å². The maximum Gasteiger partial charge on any atom is 0.410 e. The molecule has 37 heavy (non-hydrogen) atoms. The van der Waals surface area contributed by atoms with Gasteiger partial charge in [-0.05, 0) is 71.9 Å². The number of carbonyl (C=O) groups is 2. The number of fused-ring (bicyclic) bond motifs is 1. The van der Waals surface area contributed by atoms with Gasteiger partial charge in [-0.3, -0.25) is 9.36 Å². The van der Waals surface area contributed by atoms with Gasteiger partial charge in [-0.1, -0.05) is 6.07 Å². The minimum Gasteiger partial charge on any atom is -0.496 e. The predicted octanol–water partition coefficient (Wildman–Crippen LogP) is 4.06. The standard InChI is InChI=1S/C27H36N6O4/c1-15-9-12-19(36-6)16(2)22(15)33-23(28)20(24(29)34)21-25(33)30-14-17(31-21)10-11-18-8-7-13-32(18)26(35)37-27(3,4)5/h9,12,14,18H,7-8,10-11,13,28H2,1-6H3,(H2,29,34). The summed E-state index contributed by atoms with van der Waals surface area (Å²) in [5.41, 5.74) is 15.9. The van der Waals surface area contributed by atoms with Crippen LogP contribution in [0, 0.1) is 13.8 Å². The molecule has 4 N–H and O–H groups in total. The van der Waals surface area contributed by atoms with Gasteiger partial charge in [-0.2, -0.15) is 0 Å². The first kappa shape index (κ1) is 26.2. The molecule has 0 spiro atoms. The lowest BCUT2D eigenvalue weighted by molar-refractivity contribution is 0.0220. The number of benzene rings is 1. The zero-order valence-electron chi connectivity index (χ0n) is 22.4.